The predicted octanol–water partition coefficient (Wildman–Crippen LogP) is 7.80. The molecule has 39 heavy (non-hydrogen) atoms. The normalized spacial score (nSPS) is 11.4. The van der Waals surface area contributed by atoms with Crippen LogP contribution in [0.5, 0.6) is 11.5 Å². The van der Waals surface area contributed by atoms with E-state index in [1.54, 1.807) is 42.6 Å². The van der Waals surface area contributed by atoms with Crippen LogP contribution in [-0.4, -0.2) is 23.6 Å². The maximum absolute atomic E-state index is 13.2. The number of rotatable bonds is 9. The Morgan fingerprint density at radius 3 is 2.21 bits per heavy atom. The summed E-state index contributed by atoms with van der Waals surface area (Å²) in [6.07, 6.45) is 1.61. The average Bonchev–Trinajstić information content (AvgIpc) is 3.31. The summed E-state index contributed by atoms with van der Waals surface area (Å²) in [5, 5.41) is 7.75. The van der Waals surface area contributed by atoms with Crippen LogP contribution < -0.4 is 9.46 Å². The highest BCUT2D eigenvalue weighted by molar-refractivity contribution is 7.98. The Kier molecular flexibility index (Phi) is 8.08. The Morgan fingerprint density at radius 1 is 0.897 bits per heavy atom. The number of hydrogen-bond donors (Lipinski definition) is 2. The summed E-state index contributed by atoms with van der Waals surface area (Å²) < 4.78 is 47.8. The van der Waals surface area contributed by atoms with E-state index < -0.39 is 10.0 Å². The van der Waals surface area contributed by atoms with Crippen molar-refractivity contribution >= 4 is 50.8 Å². The number of sulfonamides is 1. The molecule has 7 nitrogen and oxygen atoms in total. The van der Waals surface area contributed by atoms with Crippen LogP contribution in [0.1, 0.15) is 5.56 Å². The molecule has 0 saturated carbocycles. The summed E-state index contributed by atoms with van der Waals surface area (Å²) in [5.41, 5.74) is 2.00. The number of nitrogens with zero attached hydrogens (tertiary/aromatic N) is 2. The second-order valence-corrected chi connectivity index (χ2v) is 11.6. The van der Waals surface area contributed by atoms with Crippen molar-refractivity contribution in [3.8, 4) is 22.8 Å². The molecule has 0 radical (unpaired) electrons. The third-order valence-electron chi connectivity index (χ3n) is 5.43. The number of ether oxygens (including phenoxy) is 1. The Morgan fingerprint density at radius 2 is 1.56 bits per heavy atom. The first-order valence-electron chi connectivity index (χ1n) is 11.4. The van der Waals surface area contributed by atoms with Gasteiger partial charge in [-0.2, -0.15) is 5.10 Å². The molecule has 5 aromatic rings. The molecule has 2 aromatic heterocycles. The smallest absolute Gasteiger partial charge is 0.266 e. The monoisotopic (exact) mass is 600 g/mol. The Balaban J connectivity index is 1.37. The van der Waals surface area contributed by atoms with E-state index in [0.717, 1.165) is 5.56 Å². The van der Waals surface area contributed by atoms with E-state index in [2.05, 4.69) is 19.9 Å². The van der Waals surface area contributed by atoms with E-state index in [-0.39, 0.29) is 26.6 Å². The number of aromatic amines is 1. The van der Waals surface area contributed by atoms with E-state index in [1.165, 1.54) is 36.0 Å². The van der Waals surface area contributed by atoms with Crippen LogP contribution in [0.3, 0.4) is 0 Å². The fourth-order valence-electron chi connectivity index (χ4n) is 3.62. The first kappa shape index (κ1) is 27.0. The Hall–Kier alpha value is -3.57. The molecule has 0 amide bonds. The number of nitrogens with one attached hydrogen (secondary N) is 2. The van der Waals surface area contributed by atoms with E-state index in [4.69, 9.17) is 27.9 Å². The lowest BCUT2D eigenvalue weighted by molar-refractivity contribution is 0.480. The molecule has 0 aliphatic rings. The average molecular weight is 602 g/mol. The van der Waals surface area contributed by atoms with Gasteiger partial charge in [0.15, 0.2) is 5.82 Å². The second-order valence-electron chi connectivity index (χ2n) is 8.14. The first-order valence-corrected chi connectivity index (χ1v) is 14.6. The van der Waals surface area contributed by atoms with Crippen LogP contribution in [0.15, 0.2) is 101 Å². The minimum Gasteiger partial charge on any atom is -0.457 e. The summed E-state index contributed by atoms with van der Waals surface area (Å²) in [4.78, 5) is 4.16. The standard InChI is InChI=1S/C27H19Cl2FN4O3S2/c28-21-4-3-5-22(29)25(21)39(35,36)34-26-24(23-6-1-2-15-31-23)27(33-32-26)38-16-17-7-11-19(12-8-17)37-20-13-9-18(30)10-14-20/h1-15H,16H2,(H2,32,33,34). The molecule has 0 spiro atoms. The fourth-order valence-corrected chi connectivity index (χ4v) is 6.74. The van der Waals surface area contributed by atoms with Crippen LogP contribution in [0.25, 0.3) is 11.3 Å². The van der Waals surface area contributed by atoms with Crippen molar-refractivity contribution in [1.29, 1.82) is 0 Å². The van der Waals surface area contributed by atoms with Crippen LogP contribution in [0.2, 0.25) is 10.0 Å². The van der Waals surface area contributed by atoms with Gasteiger partial charge in [-0.3, -0.25) is 14.8 Å². The number of H-pyrrole nitrogens is 1. The zero-order chi connectivity index (χ0) is 27.4. The lowest BCUT2D eigenvalue weighted by Crippen LogP contribution is -2.15. The molecule has 0 aliphatic heterocycles. The largest absolute Gasteiger partial charge is 0.457 e. The molecule has 0 aliphatic carbocycles. The molecule has 5 rings (SSSR count). The molecule has 12 heteroatoms. The summed E-state index contributed by atoms with van der Waals surface area (Å²) in [7, 11) is -4.16. The van der Waals surface area contributed by atoms with Crippen molar-refractivity contribution < 1.29 is 17.5 Å². The van der Waals surface area contributed by atoms with Crippen molar-refractivity contribution in [1.82, 2.24) is 15.2 Å². The third kappa shape index (κ3) is 6.36. The number of hydrogen-bond acceptors (Lipinski definition) is 6. The molecule has 0 fully saturated rings. The molecule has 0 atom stereocenters. The van der Waals surface area contributed by atoms with E-state index in [0.29, 0.717) is 33.5 Å². The van der Waals surface area contributed by atoms with Crippen molar-refractivity contribution in [2.45, 2.75) is 15.7 Å². The third-order valence-corrected chi connectivity index (χ3v) is 8.78. The number of benzene rings is 3. The summed E-state index contributed by atoms with van der Waals surface area (Å²) in [6, 6.07) is 23.0. The van der Waals surface area contributed by atoms with E-state index in [1.807, 2.05) is 24.3 Å². The van der Waals surface area contributed by atoms with Gasteiger partial charge in [-0.1, -0.05) is 47.5 Å². The molecular formula is C27H19Cl2FN4O3S2. The summed E-state index contributed by atoms with van der Waals surface area (Å²) in [6.45, 7) is 0. The quantitative estimate of drug-likeness (QED) is 0.167. The molecule has 0 bridgehead atoms. The summed E-state index contributed by atoms with van der Waals surface area (Å²) >= 11 is 13.7. The molecule has 2 N–H and O–H groups in total. The topological polar surface area (TPSA) is 97.0 Å². The van der Waals surface area contributed by atoms with Gasteiger partial charge in [-0.05, 0) is 66.2 Å². The Bertz CT molecular complexity index is 1680. The maximum atomic E-state index is 13.2. The highest BCUT2D eigenvalue weighted by Crippen LogP contribution is 2.38. The zero-order valence-corrected chi connectivity index (χ0v) is 23.1. The highest BCUT2D eigenvalue weighted by Gasteiger charge is 2.26. The van der Waals surface area contributed by atoms with Gasteiger partial charge < -0.3 is 4.74 Å². The minimum absolute atomic E-state index is 0.00799. The van der Waals surface area contributed by atoms with Crippen molar-refractivity contribution in [3.05, 3.63) is 113 Å². The number of thioether (sulfide) groups is 1. The van der Waals surface area contributed by atoms with E-state index >= 15 is 0 Å². The SMILES string of the molecule is O=S(=O)(Nc1n[nH]c(SCc2ccc(Oc3ccc(F)cc3)cc2)c1-c1ccccn1)c1c(Cl)cccc1Cl. The highest BCUT2D eigenvalue weighted by atomic mass is 35.5. The predicted molar refractivity (Wildman–Crippen MR) is 152 cm³/mol. The molecular weight excluding hydrogens is 582 g/mol. The van der Waals surface area contributed by atoms with Crippen LogP contribution in [0, 0.1) is 5.82 Å². The van der Waals surface area contributed by atoms with Gasteiger partial charge in [0.2, 0.25) is 0 Å². The molecule has 198 valence electrons. The second kappa shape index (κ2) is 11.7. The zero-order valence-electron chi connectivity index (χ0n) is 19.9. The molecule has 0 unspecified atom stereocenters. The lowest BCUT2D eigenvalue weighted by Gasteiger charge is -2.11. The molecule has 3 aromatic carbocycles. The Labute approximate surface area is 238 Å². The number of halogens is 3. The number of aromatic nitrogens is 3. The maximum Gasteiger partial charge on any atom is 0.266 e. The number of pyridine rings is 1. The fraction of sp³-hybridized carbons (Fsp3) is 0.0370. The van der Waals surface area contributed by atoms with Crippen molar-refractivity contribution in [3.63, 3.8) is 0 Å². The van der Waals surface area contributed by atoms with Gasteiger partial charge >= 0.3 is 0 Å². The van der Waals surface area contributed by atoms with Gasteiger partial charge in [0.1, 0.15) is 27.2 Å². The molecule has 0 saturated heterocycles. The lowest BCUT2D eigenvalue weighted by atomic mass is 10.2. The van der Waals surface area contributed by atoms with Gasteiger partial charge in [0, 0.05) is 11.9 Å². The van der Waals surface area contributed by atoms with Gasteiger partial charge in [0.25, 0.3) is 10.0 Å². The first-order chi connectivity index (χ1) is 18.8. The van der Waals surface area contributed by atoms with Gasteiger partial charge in [-0.15, -0.1) is 11.8 Å². The van der Waals surface area contributed by atoms with Gasteiger partial charge in [-0.25, -0.2) is 12.8 Å². The number of anilines is 1. The summed E-state index contributed by atoms with van der Waals surface area (Å²) in [5.74, 6) is 1.42. The minimum atomic E-state index is -4.16. The van der Waals surface area contributed by atoms with E-state index in [9.17, 15) is 12.8 Å². The van der Waals surface area contributed by atoms with Crippen LogP contribution in [0.4, 0.5) is 10.2 Å². The van der Waals surface area contributed by atoms with Gasteiger partial charge in [0.05, 0.1) is 21.3 Å². The van der Waals surface area contributed by atoms with Crippen molar-refractivity contribution in [2.75, 3.05) is 4.72 Å². The molecule has 2 heterocycles. The van der Waals surface area contributed by atoms with Crippen molar-refractivity contribution in [2.24, 2.45) is 0 Å². The van der Waals surface area contributed by atoms with Crippen LogP contribution in [-0.2, 0) is 15.8 Å². The van der Waals surface area contributed by atoms with Crippen LogP contribution >= 0.6 is 35.0 Å².